The molecule has 0 radical (unpaired) electrons. The van der Waals surface area contributed by atoms with Crippen LogP contribution in [0.4, 0.5) is 0 Å². The predicted molar refractivity (Wildman–Crippen MR) is 111 cm³/mol. The van der Waals surface area contributed by atoms with Gasteiger partial charge in [0.2, 0.25) is 5.91 Å². The molecule has 7 heteroatoms. The zero-order valence-corrected chi connectivity index (χ0v) is 16.8. The van der Waals surface area contributed by atoms with Crippen molar-refractivity contribution in [1.82, 2.24) is 19.4 Å². The summed E-state index contributed by atoms with van der Waals surface area (Å²) in [6.07, 6.45) is 6.64. The van der Waals surface area contributed by atoms with Gasteiger partial charge >= 0.3 is 5.69 Å². The van der Waals surface area contributed by atoms with Gasteiger partial charge in [-0.05, 0) is 32.0 Å². The fourth-order valence-electron chi connectivity index (χ4n) is 4.00. The van der Waals surface area contributed by atoms with Crippen molar-refractivity contribution in [2.45, 2.75) is 51.1 Å². The second-order valence-corrected chi connectivity index (χ2v) is 7.77. The quantitative estimate of drug-likeness (QED) is 0.787. The van der Waals surface area contributed by atoms with Crippen LogP contribution < -0.4 is 11.2 Å². The van der Waals surface area contributed by atoms with Crippen molar-refractivity contribution in [3.8, 4) is 0 Å². The molecule has 1 heterocycles. The molecular formula is C21H30N4O3. The number of aryl methyl sites for hydroxylation is 1. The summed E-state index contributed by atoms with van der Waals surface area (Å²) >= 11 is 0. The van der Waals surface area contributed by atoms with Gasteiger partial charge < -0.3 is 9.80 Å². The van der Waals surface area contributed by atoms with Gasteiger partial charge in [-0.3, -0.25) is 19.1 Å². The average molecular weight is 386 g/mol. The summed E-state index contributed by atoms with van der Waals surface area (Å²) in [4.78, 5) is 43.1. The van der Waals surface area contributed by atoms with E-state index < -0.39 is 11.2 Å². The number of benzene rings is 1. The number of rotatable bonds is 7. The van der Waals surface area contributed by atoms with E-state index in [2.05, 4.69) is 16.9 Å². The van der Waals surface area contributed by atoms with Gasteiger partial charge in [-0.1, -0.05) is 31.4 Å². The first kappa shape index (κ1) is 20.3. The molecule has 1 aliphatic rings. The number of aromatic amines is 1. The highest BCUT2D eigenvalue weighted by Gasteiger charge is 2.19. The van der Waals surface area contributed by atoms with Gasteiger partial charge in [0, 0.05) is 39.1 Å². The molecule has 1 aliphatic carbocycles. The number of H-pyrrole nitrogens is 1. The number of para-hydroxylation sites is 1. The standard InChI is InChI=1S/C21H30N4O3/c1-23(16-8-4-3-5-9-16)14-15-24(2)19(26)12-13-25-18-11-7-6-10-17(18)20(27)22-21(25)28/h6-7,10-11,16H,3-5,8-9,12-15H2,1-2H3,(H,22,27,28). The van der Waals surface area contributed by atoms with Crippen molar-refractivity contribution in [2.75, 3.05) is 27.2 Å². The Labute approximate surface area is 165 Å². The molecule has 0 saturated heterocycles. The Balaban J connectivity index is 1.57. The van der Waals surface area contributed by atoms with Crippen molar-refractivity contribution >= 4 is 16.8 Å². The zero-order valence-electron chi connectivity index (χ0n) is 16.8. The van der Waals surface area contributed by atoms with Crippen molar-refractivity contribution in [1.29, 1.82) is 0 Å². The van der Waals surface area contributed by atoms with Crippen molar-refractivity contribution in [3.63, 3.8) is 0 Å². The Morgan fingerprint density at radius 2 is 1.82 bits per heavy atom. The first-order valence-corrected chi connectivity index (χ1v) is 10.1. The van der Waals surface area contributed by atoms with E-state index in [9.17, 15) is 14.4 Å². The van der Waals surface area contributed by atoms with Crippen LogP contribution in [0.1, 0.15) is 38.5 Å². The average Bonchev–Trinajstić information content (AvgIpc) is 2.72. The molecule has 0 unspecified atom stereocenters. The van der Waals surface area contributed by atoms with Crippen LogP contribution in [0.5, 0.6) is 0 Å². The highest BCUT2D eigenvalue weighted by Crippen LogP contribution is 2.21. The molecule has 152 valence electrons. The predicted octanol–water partition coefficient (Wildman–Crippen LogP) is 1.80. The maximum absolute atomic E-state index is 12.5. The van der Waals surface area contributed by atoms with E-state index in [-0.39, 0.29) is 18.9 Å². The number of carbonyl (C=O) groups excluding carboxylic acids is 1. The molecule has 1 saturated carbocycles. The third-order valence-corrected chi connectivity index (χ3v) is 5.87. The minimum atomic E-state index is -0.476. The van der Waals surface area contributed by atoms with E-state index in [1.54, 1.807) is 29.2 Å². The van der Waals surface area contributed by atoms with E-state index in [1.807, 2.05) is 7.05 Å². The lowest BCUT2D eigenvalue weighted by molar-refractivity contribution is -0.130. The second-order valence-electron chi connectivity index (χ2n) is 7.77. The summed E-state index contributed by atoms with van der Waals surface area (Å²) in [6.45, 7) is 1.78. The Hall–Kier alpha value is -2.41. The lowest BCUT2D eigenvalue weighted by Crippen LogP contribution is -2.40. The monoisotopic (exact) mass is 386 g/mol. The number of likely N-dealkylation sites (N-methyl/N-ethyl adjacent to an activating group) is 2. The molecule has 1 fully saturated rings. The van der Waals surface area contributed by atoms with Gasteiger partial charge in [0.05, 0.1) is 10.9 Å². The van der Waals surface area contributed by atoms with Gasteiger partial charge in [0.25, 0.3) is 5.56 Å². The summed E-state index contributed by atoms with van der Waals surface area (Å²) < 4.78 is 1.47. The molecule has 0 spiro atoms. The Bertz CT molecular complexity index is 927. The number of nitrogens with one attached hydrogen (secondary N) is 1. The molecular weight excluding hydrogens is 356 g/mol. The first-order valence-electron chi connectivity index (χ1n) is 10.1. The second kappa shape index (κ2) is 9.19. The van der Waals surface area contributed by atoms with Gasteiger partial charge in [-0.15, -0.1) is 0 Å². The van der Waals surface area contributed by atoms with Crippen LogP contribution in [0.15, 0.2) is 33.9 Å². The van der Waals surface area contributed by atoms with E-state index in [4.69, 9.17) is 0 Å². The molecule has 1 aromatic carbocycles. The Morgan fingerprint density at radius 3 is 2.57 bits per heavy atom. The SMILES string of the molecule is CN(CCN(C)C1CCCCC1)C(=O)CCn1c(=O)[nH]c(=O)c2ccccc21. The third-order valence-electron chi connectivity index (χ3n) is 5.87. The topological polar surface area (TPSA) is 78.4 Å². The number of hydrogen-bond acceptors (Lipinski definition) is 4. The summed E-state index contributed by atoms with van der Waals surface area (Å²) in [6, 6.07) is 7.59. The Kier molecular flexibility index (Phi) is 6.67. The summed E-state index contributed by atoms with van der Waals surface area (Å²) in [5.74, 6) is -0.000717. The van der Waals surface area contributed by atoms with Crippen molar-refractivity contribution in [3.05, 3.63) is 45.1 Å². The largest absolute Gasteiger partial charge is 0.344 e. The Morgan fingerprint density at radius 1 is 1.11 bits per heavy atom. The highest BCUT2D eigenvalue weighted by molar-refractivity contribution is 5.78. The summed E-state index contributed by atoms with van der Waals surface area (Å²) in [5, 5.41) is 0.456. The molecule has 7 nitrogen and oxygen atoms in total. The molecule has 3 rings (SSSR count). The molecule has 1 aromatic heterocycles. The fourth-order valence-corrected chi connectivity index (χ4v) is 4.00. The number of nitrogens with zero attached hydrogens (tertiary/aromatic N) is 3. The van der Waals surface area contributed by atoms with Crippen LogP contribution in [0, 0.1) is 0 Å². The molecule has 1 amide bonds. The molecule has 0 atom stereocenters. The lowest BCUT2D eigenvalue weighted by Gasteiger charge is -2.32. The third kappa shape index (κ3) is 4.70. The van der Waals surface area contributed by atoms with Crippen molar-refractivity contribution in [2.24, 2.45) is 0 Å². The normalized spacial score (nSPS) is 15.2. The number of amides is 1. The van der Waals surface area contributed by atoms with Crippen LogP contribution in [-0.2, 0) is 11.3 Å². The maximum atomic E-state index is 12.5. The van der Waals surface area contributed by atoms with Crippen LogP contribution in [0.25, 0.3) is 10.9 Å². The van der Waals surface area contributed by atoms with Crippen molar-refractivity contribution < 1.29 is 4.79 Å². The van der Waals surface area contributed by atoms with E-state index in [1.165, 1.54) is 36.7 Å². The molecule has 1 N–H and O–H groups in total. The van der Waals surface area contributed by atoms with Crippen LogP contribution >= 0.6 is 0 Å². The van der Waals surface area contributed by atoms with E-state index in [0.29, 0.717) is 23.5 Å². The van der Waals surface area contributed by atoms with Gasteiger partial charge in [-0.25, -0.2) is 4.79 Å². The molecule has 0 bridgehead atoms. The minimum Gasteiger partial charge on any atom is -0.344 e. The van der Waals surface area contributed by atoms with E-state index in [0.717, 1.165) is 6.54 Å². The molecule has 0 aliphatic heterocycles. The van der Waals surface area contributed by atoms with Gasteiger partial charge in [0.1, 0.15) is 0 Å². The minimum absolute atomic E-state index is 0.000717. The molecule has 2 aromatic rings. The zero-order chi connectivity index (χ0) is 20.1. The highest BCUT2D eigenvalue weighted by atomic mass is 16.2. The van der Waals surface area contributed by atoms with Crippen LogP contribution in [0.2, 0.25) is 0 Å². The number of carbonyl (C=O) groups is 1. The number of hydrogen-bond donors (Lipinski definition) is 1. The smallest absolute Gasteiger partial charge is 0.328 e. The molecule has 28 heavy (non-hydrogen) atoms. The maximum Gasteiger partial charge on any atom is 0.328 e. The lowest BCUT2D eigenvalue weighted by atomic mass is 9.94. The van der Waals surface area contributed by atoms with Gasteiger partial charge in [-0.2, -0.15) is 0 Å². The van der Waals surface area contributed by atoms with Gasteiger partial charge in [0.15, 0.2) is 0 Å². The summed E-state index contributed by atoms with van der Waals surface area (Å²) in [5.41, 5.74) is -0.314. The summed E-state index contributed by atoms with van der Waals surface area (Å²) in [7, 11) is 3.95. The van der Waals surface area contributed by atoms with Crippen LogP contribution in [-0.4, -0.2) is 58.5 Å². The first-order chi connectivity index (χ1) is 13.5. The van der Waals surface area contributed by atoms with E-state index >= 15 is 0 Å². The number of aromatic nitrogens is 2. The van der Waals surface area contributed by atoms with Crippen LogP contribution in [0.3, 0.4) is 0 Å². The fraction of sp³-hybridized carbons (Fsp3) is 0.571. The number of fused-ring (bicyclic) bond motifs is 1.